The lowest BCUT2D eigenvalue weighted by Gasteiger charge is -2.10. The van der Waals surface area contributed by atoms with Crippen LogP contribution in [0.1, 0.15) is 22.8 Å². The molecule has 0 aliphatic carbocycles. The van der Waals surface area contributed by atoms with Gasteiger partial charge in [-0.25, -0.2) is 4.79 Å². The fourth-order valence-electron chi connectivity index (χ4n) is 1.24. The number of nitriles is 1. The van der Waals surface area contributed by atoms with Gasteiger partial charge in [-0.15, -0.1) is 12.6 Å². The predicted molar refractivity (Wildman–Crippen MR) is 60.9 cm³/mol. The smallest absolute Gasteiger partial charge is 0.340 e. The first-order valence-corrected chi connectivity index (χ1v) is 5.07. The van der Waals surface area contributed by atoms with Crippen molar-refractivity contribution in [1.82, 2.24) is 0 Å². The van der Waals surface area contributed by atoms with E-state index in [0.29, 0.717) is 10.6 Å². The maximum Gasteiger partial charge on any atom is 0.340 e. The molecular formula is C11H11NO3S. The molecule has 0 bridgehead atoms. The van der Waals surface area contributed by atoms with Crippen LogP contribution in [0.3, 0.4) is 0 Å². The Morgan fingerprint density at radius 2 is 2.25 bits per heavy atom. The zero-order valence-corrected chi connectivity index (χ0v) is 9.88. The van der Waals surface area contributed by atoms with E-state index in [0.717, 1.165) is 0 Å². The predicted octanol–water partition coefficient (Wildman–Crippen LogP) is 2.03. The van der Waals surface area contributed by atoms with Gasteiger partial charge in [-0.05, 0) is 19.1 Å². The van der Waals surface area contributed by atoms with E-state index in [2.05, 4.69) is 12.6 Å². The van der Waals surface area contributed by atoms with Gasteiger partial charge < -0.3 is 9.47 Å². The average molecular weight is 237 g/mol. The summed E-state index contributed by atoms with van der Waals surface area (Å²) in [4.78, 5) is 12.0. The molecule has 0 N–H and O–H groups in total. The van der Waals surface area contributed by atoms with Crippen LogP contribution in [0.15, 0.2) is 17.0 Å². The molecule has 1 aromatic rings. The van der Waals surface area contributed by atoms with Crippen molar-refractivity contribution in [3.05, 3.63) is 23.3 Å². The third kappa shape index (κ3) is 2.28. The Labute approximate surface area is 99.2 Å². The first kappa shape index (κ1) is 12.4. The number of carbonyl (C=O) groups excluding carboxylic acids is 1. The van der Waals surface area contributed by atoms with Crippen LogP contribution in [0, 0.1) is 11.3 Å². The van der Waals surface area contributed by atoms with Crippen molar-refractivity contribution in [2.75, 3.05) is 13.7 Å². The molecule has 0 aliphatic heterocycles. The quantitative estimate of drug-likeness (QED) is 0.645. The summed E-state index contributed by atoms with van der Waals surface area (Å²) in [6, 6.07) is 5.01. The molecule has 0 aliphatic rings. The van der Waals surface area contributed by atoms with Crippen molar-refractivity contribution >= 4 is 18.6 Å². The molecule has 0 fully saturated rings. The summed E-state index contributed by atoms with van der Waals surface area (Å²) in [6.07, 6.45) is 0. The van der Waals surface area contributed by atoms with Gasteiger partial charge in [-0.3, -0.25) is 0 Å². The number of ether oxygens (including phenoxy) is 2. The molecule has 0 saturated heterocycles. The fraction of sp³-hybridized carbons (Fsp3) is 0.273. The summed E-state index contributed by atoms with van der Waals surface area (Å²) in [6.45, 7) is 1.94. The minimum absolute atomic E-state index is 0.145. The highest BCUT2D eigenvalue weighted by molar-refractivity contribution is 7.80. The second kappa shape index (κ2) is 5.42. The largest absolute Gasteiger partial charge is 0.496 e. The molecule has 84 valence electrons. The third-order valence-corrected chi connectivity index (χ3v) is 2.40. The van der Waals surface area contributed by atoms with Gasteiger partial charge in [-0.1, -0.05) is 0 Å². The summed E-state index contributed by atoms with van der Waals surface area (Å²) in [5.74, 6) is -0.131. The molecule has 4 nitrogen and oxygen atoms in total. The number of nitrogens with zero attached hydrogens (tertiary/aromatic N) is 1. The van der Waals surface area contributed by atoms with E-state index in [4.69, 9.17) is 14.7 Å². The zero-order chi connectivity index (χ0) is 12.1. The number of rotatable bonds is 3. The summed E-state index contributed by atoms with van der Waals surface area (Å²) < 4.78 is 9.88. The Kier molecular flexibility index (Phi) is 4.20. The first-order valence-electron chi connectivity index (χ1n) is 4.62. The SMILES string of the molecule is CCOC(=O)c1c(C#N)ccc(OC)c1S. The van der Waals surface area contributed by atoms with Crippen LogP contribution in [0.2, 0.25) is 0 Å². The summed E-state index contributed by atoms with van der Waals surface area (Å²) in [5, 5.41) is 8.89. The summed E-state index contributed by atoms with van der Waals surface area (Å²) in [7, 11) is 1.47. The zero-order valence-electron chi connectivity index (χ0n) is 8.98. The molecule has 0 aromatic heterocycles. The van der Waals surface area contributed by atoms with Crippen molar-refractivity contribution in [2.24, 2.45) is 0 Å². The fourth-order valence-corrected chi connectivity index (χ4v) is 1.62. The molecule has 0 radical (unpaired) electrons. The minimum Gasteiger partial charge on any atom is -0.496 e. The van der Waals surface area contributed by atoms with Crippen LogP contribution in [-0.4, -0.2) is 19.7 Å². The van der Waals surface area contributed by atoms with Gasteiger partial charge in [0.15, 0.2) is 0 Å². The van der Waals surface area contributed by atoms with Crippen molar-refractivity contribution in [3.8, 4) is 11.8 Å². The van der Waals surface area contributed by atoms with Crippen molar-refractivity contribution < 1.29 is 14.3 Å². The number of carbonyl (C=O) groups is 1. The summed E-state index contributed by atoms with van der Waals surface area (Å²) >= 11 is 4.17. The lowest BCUT2D eigenvalue weighted by Crippen LogP contribution is -2.09. The van der Waals surface area contributed by atoms with E-state index in [1.807, 2.05) is 6.07 Å². The molecule has 0 saturated carbocycles. The Bertz CT molecular complexity index is 451. The van der Waals surface area contributed by atoms with Crippen LogP contribution in [-0.2, 0) is 4.74 Å². The molecule has 1 aromatic carbocycles. The Morgan fingerprint density at radius 3 is 2.75 bits per heavy atom. The average Bonchev–Trinajstić information content (AvgIpc) is 2.28. The molecule has 5 heteroatoms. The van der Waals surface area contributed by atoms with E-state index >= 15 is 0 Å². The second-order valence-electron chi connectivity index (χ2n) is 2.87. The van der Waals surface area contributed by atoms with Crippen molar-refractivity contribution in [2.45, 2.75) is 11.8 Å². The highest BCUT2D eigenvalue weighted by Crippen LogP contribution is 2.29. The van der Waals surface area contributed by atoms with Crippen LogP contribution in [0.4, 0.5) is 0 Å². The normalized spacial score (nSPS) is 9.38. The van der Waals surface area contributed by atoms with Crippen LogP contribution >= 0.6 is 12.6 Å². The first-order chi connectivity index (χ1) is 7.65. The van der Waals surface area contributed by atoms with Crippen LogP contribution in [0.25, 0.3) is 0 Å². The molecule has 0 amide bonds. The van der Waals surface area contributed by atoms with Gasteiger partial charge in [0, 0.05) is 0 Å². The number of esters is 1. The molecule has 0 spiro atoms. The van der Waals surface area contributed by atoms with Gasteiger partial charge in [0.05, 0.1) is 29.7 Å². The minimum atomic E-state index is -0.567. The van der Waals surface area contributed by atoms with Gasteiger partial charge in [0.1, 0.15) is 11.8 Å². The van der Waals surface area contributed by atoms with E-state index in [1.165, 1.54) is 13.2 Å². The second-order valence-corrected chi connectivity index (χ2v) is 3.32. The molecule has 0 heterocycles. The highest BCUT2D eigenvalue weighted by Gasteiger charge is 2.19. The Morgan fingerprint density at radius 1 is 1.56 bits per heavy atom. The van der Waals surface area contributed by atoms with Crippen molar-refractivity contribution in [3.63, 3.8) is 0 Å². The lowest BCUT2D eigenvalue weighted by atomic mass is 10.1. The van der Waals surface area contributed by atoms with E-state index in [9.17, 15) is 4.79 Å². The maximum absolute atomic E-state index is 11.6. The number of hydrogen-bond acceptors (Lipinski definition) is 5. The van der Waals surface area contributed by atoms with E-state index < -0.39 is 5.97 Å². The van der Waals surface area contributed by atoms with Gasteiger partial charge in [0.25, 0.3) is 0 Å². The van der Waals surface area contributed by atoms with Gasteiger partial charge in [-0.2, -0.15) is 5.26 Å². The number of benzene rings is 1. The van der Waals surface area contributed by atoms with Gasteiger partial charge in [0.2, 0.25) is 0 Å². The maximum atomic E-state index is 11.6. The standard InChI is InChI=1S/C11H11NO3S/c1-3-15-11(13)9-7(6-12)4-5-8(14-2)10(9)16/h4-5,16H,3H2,1-2H3. The number of thiol groups is 1. The third-order valence-electron chi connectivity index (χ3n) is 1.96. The Hall–Kier alpha value is -1.67. The topological polar surface area (TPSA) is 59.3 Å². The molecule has 16 heavy (non-hydrogen) atoms. The monoisotopic (exact) mass is 237 g/mol. The Balaban J connectivity index is 3.33. The number of methoxy groups -OCH3 is 1. The van der Waals surface area contributed by atoms with E-state index in [-0.39, 0.29) is 17.7 Å². The number of hydrogen-bond donors (Lipinski definition) is 1. The highest BCUT2D eigenvalue weighted by atomic mass is 32.1. The van der Waals surface area contributed by atoms with Crippen LogP contribution < -0.4 is 4.74 Å². The van der Waals surface area contributed by atoms with Gasteiger partial charge >= 0.3 is 5.97 Å². The summed E-state index contributed by atoms with van der Waals surface area (Å²) in [5.41, 5.74) is 0.372. The molecule has 1 rings (SSSR count). The molecular weight excluding hydrogens is 226 g/mol. The van der Waals surface area contributed by atoms with E-state index in [1.54, 1.807) is 13.0 Å². The van der Waals surface area contributed by atoms with Crippen LogP contribution in [0.5, 0.6) is 5.75 Å². The lowest BCUT2D eigenvalue weighted by molar-refractivity contribution is 0.0521. The molecule has 0 atom stereocenters. The van der Waals surface area contributed by atoms with Crippen molar-refractivity contribution in [1.29, 1.82) is 5.26 Å². The molecule has 0 unspecified atom stereocenters.